The molecule has 5 heteroatoms. The van der Waals surface area contributed by atoms with E-state index in [2.05, 4.69) is 25.9 Å². The van der Waals surface area contributed by atoms with Gasteiger partial charge in [-0.2, -0.15) is 0 Å². The molecule has 0 saturated heterocycles. The second-order valence-electron chi connectivity index (χ2n) is 3.22. The Hall–Kier alpha value is -0.640. The molecule has 0 amide bonds. The molecule has 0 radical (unpaired) electrons. The molecule has 0 aliphatic carbocycles. The minimum Gasteiger partial charge on any atom is -0.232 e. The Morgan fingerprint density at radius 3 is 2.44 bits per heavy atom. The molecule has 1 aromatic heterocycles. The summed E-state index contributed by atoms with van der Waals surface area (Å²) < 4.78 is 0.713. The average Bonchev–Trinajstić information content (AvgIpc) is 2.26. The number of hydrogen-bond acceptors (Lipinski definition) is 2. The van der Waals surface area contributed by atoms with Crippen LogP contribution in [-0.4, -0.2) is 9.97 Å². The molecule has 2 nitrogen and oxygen atoms in total. The number of nitrogens with zero attached hydrogens (tertiary/aromatic N) is 2. The van der Waals surface area contributed by atoms with E-state index < -0.39 is 0 Å². The summed E-state index contributed by atoms with van der Waals surface area (Å²) in [6.45, 7) is 1.86. The molecule has 82 valence electrons. The lowest BCUT2D eigenvalue weighted by Crippen LogP contribution is -1.94. The third kappa shape index (κ3) is 2.21. The number of aromatic nitrogens is 2. The van der Waals surface area contributed by atoms with Gasteiger partial charge in [0.2, 0.25) is 0 Å². The van der Waals surface area contributed by atoms with Crippen LogP contribution in [0.3, 0.4) is 0 Å². The maximum absolute atomic E-state index is 6.07. The Bertz CT molecular complexity index is 520. The van der Waals surface area contributed by atoms with Crippen molar-refractivity contribution in [1.82, 2.24) is 9.97 Å². The van der Waals surface area contributed by atoms with Gasteiger partial charge >= 0.3 is 0 Å². The zero-order chi connectivity index (χ0) is 11.7. The molecule has 0 N–H and O–H groups in total. The van der Waals surface area contributed by atoms with Gasteiger partial charge in [0.1, 0.15) is 5.15 Å². The number of aryl methyl sites for hydroxylation is 1. The molecule has 0 spiro atoms. The fourth-order valence-electron chi connectivity index (χ4n) is 1.29. The van der Waals surface area contributed by atoms with E-state index in [0.717, 1.165) is 11.3 Å². The monoisotopic (exact) mass is 316 g/mol. The van der Waals surface area contributed by atoms with Crippen molar-refractivity contribution in [1.29, 1.82) is 0 Å². The topological polar surface area (TPSA) is 25.8 Å². The molecule has 0 bridgehead atoms. The van der Waals surface area contributed by atoms with Crippen LogP contribution in [0.2, 0.25) is 10.2 Å². The molecule has 0 fully saturated rings. The van der Waals surface area contributed by atoms with Crippen molar-refractivity contribution in [2.24, 2.45) is 0 Å². The summed E-state index contributed by atoms with van der Waals surface area (Å²) in [5.74, 6) is 0.538. The highest BCUT2D eigenvalue weighted by Gasteiger charge is 2.11. The van der Waals surface area contributed by atoms with Gasteiger partial charge in [-0.25, -0.2) is 9.97 Å². The van der Waals surface area contributed by atoms with Crippen LogP contribution in [0.5, 0.6) is 0 Å². The van der Waals surface area contributed by atoms with Crippen molar-refractivity contribution in [3.63, 3.8) is 0 Å². The summed E-state index contributed by atoms with van der Waals surface area (Å²) in [5, 5.41) is 1.00. The Balaban J connectivity index is 2.62. The van der Waals surface area contributed by atoms with Crippen molar-refractivity contribution >= 4 is 39.1 Å². The van der Waals surface area contributed by atoms with Crippen molar-refractivity contribution < 1.29 is 0 Å². The standard InChI is InChI=1S/C11H7BrCl2N2/c1-6-9(12)10(14)16-11(15-6)7-4-2-3-5-8(7)13/h2-5H,1H3. The van der Waals surface area contributed by atoms with Gasteiger partial charge in [0.15, 0.2) is 5.82 Å². The fraction of sp³-hybridized carbons (Fsp3) is 0.0909. The first-order valence-corrected chi connectivity index (χ1v) is 6.09. The van der Waals surface area contributed by atoms with Crippen molar-refractivity contribution in [3.05, 3.63) is 44.6 Å². The highest BCUT2D eigenvalue weighted by molar-refractivity contribution is 9.10. The predicted octanol–water partition coefficient (Wildman–Crippen LogP) is 4.52. The van der Waals surface area contributed by atoms with Crippen molar-refractivity contribution in [2.45, 2.75) is 6.92 Å². The number of hydrogen-bond donors (Lipinski definition) is 0. The third-order valence-electron chi connectivity index (χ3n) is 2.09. The summed E-state index contributed by atoms with van der Waals surface area (Å²) in [6, 6.07) is 7.40. The molecule has 0 saturated carbocycles. The minimum atomic E-state index is 0.391. The summed E-state index contributed by atoms with van der Waals surface area (Å²) in [4.78, 5) is 8.53. The first kappa shape index (κ1) is 11.8. The van der Waals surface area contributed by atoms with Gasteiger partial charge in [-0.05, 0) is 35.0 Å². The third-order valence-corrected chi connectivity index (χ3v) is 3.87. The smallest absolute Gasteiger partial charge is 0.162 e. The normalized spacial score (nSPS) is 10.5. The number of halogens is 3. The average molecular weight is 318 g/mol. The Morgan fingerprint density at radius 2 is 1.81 bits per heavy atom. The molecule has 1 aromatic carbocycles. The van der Waals surface area contributed by atoms with E-state index in [-0.39, 0.29) is 0 Å². The molecule has 16 heavy (non-hydrogen) atoms. The first-order chi connectivity index (χ1) is 7.59. The molecule has 0 unspecified atom stereocenters. The maximum Gasteiger partial charge on any atom is 0.162 e. The molecule has 2 rings (SSSR count). The summed E-state index contributed by atoms with van der Waals surface area (Å²) in [5.41, 5.74) is 1.57. The molecular weight excluding hydrogens is 311 g/mol. The highest BCUT2D eigenvalue weighted by atomic mass is 79.9. The predicted molar refractivity (Wildman–Crippen MR) is 69.9 cm³/mol. The van der Waals surface area contributed by atoms with Crippen molar-refractivity contribution in [2.75, 3.05) is 0 Å². The van der Waals surface area contributed by atoms with Gasteiger partial charge in [-0.3, -0.25) is 0 Å². The number of benzene rings is 1. The summed E-state index contributed by atoms with van der Waals surface area (Å²) in [6.07, 6.45) is 0. The van der Waals surface area contributed by atoms with Gasteiger partial charge in [-0.1, -0.05) is 35.3 Å². The van der Waals surface area contributed by atoms with E-state index in [4.69, 9.17) is 23.2 Å². The molecule has 0 aliphatic heterocycles. The zero-order valence-corrected chi connectivity index (χ0v) is 11.4. The Labute approximate surface area is 112 Å². The Morgan fingerprint density at radius 1 is 1.12 bits per heavy atom. The SMILES string of the molecule is Cc1nc(-c2ccccc2Cl)nc(Cl)c1Br. The van der Waals surface area contributed by atoms with Gasteiger partial charge in [-0.15, -0.1) is 0 Å². The van der Waals surface area contributed by atoms with Crippen molar-refractivity contribution in [3.8, 4) is 11.4 Å². The second kappa shape index (κ2) is 4.70. The van der Waals surface area contributed by atoms with E-state index in [1.54, 1.807) is 6.07 Å². The summed E-state index contributed by atoms with van der Waals surface area (Å²) in [7, 11) is 0. The van der Waals surface area contributed by atoms with Crippen LogP contribution in [-0.2, 0) is 0 Å². The molecule has 0 atom stereocenters. The lowest BCUT2D eigenvalue weighted by Gasteiger charge is -2.06. The van der Waals surface area contributed by atoms with Crippen LogP contribution in [0.15, 0.2) is 28.7 Å². The maximum atomic E-state index is 6.07. The Kier molecular flexibility index (Phi) is 3.47. The lowest BCUT2D eigenvalue weighted by atomic mass is 10.2. The second-order valence-corrected chi connectivity index (χ2v) is 4.78. The minimum absolute atomic E-state index is 0.391. The van der Waals surface area contributed by atoms with Crippen LogP contribution >= 0.6 is 39.1 Å². The van der Waals surface area contributed by atoms with Crippen LogP contribution in [0.1, 0.15) is 5.69 Å². The van der Waals surface area contributed by atoms with Gasteiger partial charge in [0.05, 0.1) is 15.2 Å². The van der Waals surface area contributed by atoms with Gasteiger partial charge < -0.3 is 0 Å². The molecule has 0 aliphatic rings. The van der Waals surface area contributed by atoms with E-state index in [1.807, 2.05) is 25.1 Å². The zero-order valence-electron chi connectivity index (χ0n) is 8.34. The highest BCUT2D eigenvalue weighted by Crippen LogP contribution is 2.29. The first-order valence-electron chi connectivity index (χ1n) is 4.54. The van der Waals surface area contributed by atoms with Gasteiger partial charge in [0, 0.05) is 5.56 Å². The fourth-order valence-corrected chi connectivity index (χ4v) is 1.90. The van der Waals surface area contributed by atoms with Crippen LogP contribution in [0.4, 0.5) is 0 Å². The molecule has 2 aromatic rings. The van der Waals surface area contributed by atoms with Crippen LogP contribution < -0.4 is 0 Å². The summed E-state index contributed by atoms with van der Waals surface area (Å²) >= 11 is 15.4. The van der Waals surface area contributed by atoms with Gasteiger partial charge in [0.25, 0.3) is 0 Å². The van der Waals surface area contributed by atoms with E-state index in [9.17, 15) is 0 Å². The largest absolute Gasteiger partial charge is 0.232 e. The lowest BCUT2D eigenvalue weighted by molar-refractivity contribution is 1.09. The van der Waals surface area contributed by atoms with E-state index in [1.165, 1.54) is 0 Å². The quantitative estimate of drug-likeness (QED) is 0.723. The molecule has 1 heterocycles. The van der Waals surface area contributed by atoms with Crippen LogP contribution in [0, 0.1) is 6.92 Å². The molecular formula is C11H7BrCl2N2. The van der Waals surface area contributed by atoms with Crippen LogP contribution in [0.25, 0.3) is 11.4 Å². The van der Waals surface area contributed by atoms with E-state index in [0.29, 0.717) is 20.5 Å². The van der Waals surface area contributed by atoms with E-state index >= 15 is 0 Å². The number of rotatable bonds is 1.